The molecule has 144 valence electrons. The van der Waals surface area contributed by atoms with Gasteiger partial charge in [-0.25, -0.2) is 0 Å². The molecule has 0 bridgehead atoms. The predicted molar refractivity (Wildman–Crippen MR) is 110 cm³/mol. The quantitative estimate of drug-likeness (QED) is 0.759. The van der Waals surface area contributed by atoms with Crippen molar-refractivity contribution >= 4 is 11.6 Å². The zero-order chi connectivity index (χ0) is 19.5. The molecule has 1 aliphatic rings. The van der Waals surface area contributed by atoms with Crippen molar-refractivity contribution in [3.63, 3.8) is 0 Å². The Labute approximate surface area is 164 Å². The van der Waals surface area contributed by atoms with Gasteiger partial charge in [0.25, 0.3) is 5.91 Å². The van der Waals surface area contributed by atoms with Gasteiger partial charge < -0.3 is 14.5 Å². The number of aromatic nitrogens is 2. The Bertz CT molecular complexity index is 957. The summed E-state index contributed by atoms with van der Waals surface area (Å²) in [5, 5.41) is 7.20. The van der Waals surface area contributed by atoms with E-state index in [9.17, 15) is 4.79 Å². The number of rotatable bonds is 4. The van der Waals surface area contributed by atoms with E-state index in [2.05, 4.69) is 46.3 Å². The highest BCUT2D eigenvalue weighted by Crippen LogP contribution is 2.23. The van der Waals surface area contributed by atoms with E-state index in [1.807, 2.05) is 35.2 Å². The maximum atomic E-state index is 12.9. The van der Waals surface area contributed by atoms with Gasteiger partial charge in [0.05, 0.1) is 12.8 Å². The molecule has 6 nitrogen and oxygen atoms in total. The Hall–Kier alpha value is -3.28. The molecule has 0 spiro atoms. The average Bonchev–Trinajstić information content (AvgIpc) is 3.24. The second-order valence-electron chi connectivity index (χ2n) is 7.01. The molecule has 4 rings (SSSR count). The van der Waals surface area contributed by atoms with Crippen molar-refractivity contribution in [1.29, 1.82) is 0 Å². The number of ether oxygens (including phenoxy) is 1. The zero-order valence-electron chi connectivity index (χ0n) is 16.2. The van der Waals surface area contributed by atoms with Crippen LogP contribution in [0.5, 0.6) is 5.75 Å². The number of hydrogen-bond acceptors (Lipinski definition) is 4. The van der Waals surface area contributed by atoms with Gasteiger partial charge in [0, 0.05) is 37.4 Å². The van der Waals surface area contributed by atoms with Crippen LogP contribution in [0.1, 0.15) is 16.1 Å². The molecule has 0 atom stereocenters. The summed E-state index contributed by atoms with van der Waals surface area (Å²) in [6, 6.07) is 18.0. The fourth-order valence-electron chi connectivity index (χ4n) is 3.46. The lowest BCUT2D eigenvalue weighted by molar-refractivity contribution is 0.0741. The molecule has 28 heavy (non-hydrogen) atoms. The maximum Gasteiger partial charge on any atom is 0.272 e. The number of nitrogens with one attached hydrogen (secondary N) is 1. The first-order valence-corrected chi connectivity index (χ1v) is 9.45. The third-order valence-electron chi connectivity index (χ3n) is 5.14. The topological polar surface area (TPSA) is 61.5 Å². The van der Waals surface area contributed by atoms with E-state index in [0.29, 0.717) is 18.8 Å². The van der Waals surface area contributed by atoms with Gasteiger partial charge in [0.15, 0.2) is 0 Å². The standard InChI is InChI=1S/C22H24N4O2/c1-16-6-8-18(9-7-16)25-10-12-26(13-11-25)22(27)21-15-20(23-24-21)17-4-3-5-19(14-17)28-2/h3-9,14-15H,10-13H2,1-2H3,(H,23,24). The number of methoxy groups -OCH3 is 1. The molecule has 3 aromatic rings. The van der Waals surface area contributed by atoms with E-state index in [1.54, 1.807) is 7.11 Å². The number of benzene rings is 2. The molecule has 6 heteroatoms. The van der Waals surface area contributed by atoms with Crippen LogP contribution in [0, 0.1) is 6.92 Å². The summed E-state index contributed by atoms with van der Waals surface area (Å²) in [5.41, 5.74) is 4.63. The fourth-order valence-corrected chi connectivity index (χ4v) is 3.46. The van der Waals surface area contributed by atoms with Crippen LogP contribution in [-0.4, -0.2) is 54.3 Å². The molecule has 1 fully saturated rings. The number of aromatic amines is 1. The minimum Gasteiger partial charge on any atom is -0.497 e. The normalized spacial score (nSPS) is 14.2. The molecule has 1 N–H and O–H groups in total. The lowest BCUT2D eigenvalue weighted by Gasteiger charge is -2.36. The van der Waals surface area contributed by atoms with E-state index < -0.39 is 0 Å². The van der Waals surface area contributed by atoms with Crippen molar-refractivity contribution in [2.75, 3.05) is 38.2 Å². The molecule has 1 saturated heterocycles. The number of hydrogen-bond donors (Lipinski definition) is 1. The van der Waals surface area contributed by atoms with Crippen LogP contribution < -0.4 is 9.64 Å². The van der Waals surface area contributed by atoms with Crippen LogP contribution in [0.3, 0.4) is 0 Å². The lowest BCUT2D eigenvalue weighted by Crippen LogP contribution is -2.48. The highest BCUT2D eigenvalue weighted by molar-refractivity contribution is 5.93. The second-order valence-corrected chi connectivity index (χ2v) is 7.01. The number of H-pyrrole nitrogens is 1. The first kappa shape index (κ1) is 18.1. The van der Waals surface area contributed by atoms with Crippen LogP contribution in [0.25, 0.3) is 11.3 Å². The van der Waals surface area contributed by atoms with Gasteiger partial charge in [-0.05, 0) is 37.3 Å². The minimum atomic E-state index is -0.00907. The Kier molecular flexibility index (Phi) is 5.02. The number of anilines is 1. The monoisotopic (exact) mass is 376 g/mol. The van der Waals surface area contributed by atoms with Gasteiger partial charge >= 0.3 is 0 Å². The Morgan fingerprint density at radius 3 is 2.50 bits per heavy atom. The number of piperazine rings is 1. The van der Waals surface area contributed by atoms with E-state index in [0.717, 1.165) is 30.1 Å². The predicted octanol–water partition coefficient (Wildman–Crippen LogP) is 3.36. The lowest BCUT2D eigenvalue weighted by atomic mass is 10.1. The number of nitrogens with zero attached hydrogens (tertiary/aromatic N) is 3. The largest absolute Gasteiger partial charge is 0.497 e. The van der Waals surface area contributed by atoms with Crippen molar-refractivity contribution in [2.45, 2.75) is 6.92 Å². The molecule has 0 unspecified atom stereocenters. The maximum absolute atomic E-state index is 12.9. The summed E-state index contributed by atoms with van der Waals surface area (Å²) in [6.07, 6.45) is 0. The van der Waals surface area contributed by atoms with E-state index >= 15 is 0 Å². The molecular weight excluding hydrogens is 352 g/mol. The summed E-state index contributed by atoms with van der Waals surface area (Å²) in [6.45, 7) is 5.13. The van der Waals surface area contributed by atoms with E-state index in [4.69, 9.17) is 4.74 Å². The highest BCUT2D eigenvalue weighted by atomic mass is 16.5. The number of carbonyl (C=O) groups is 1. The van der Waals surface area contributed by atoms with Crippen molar-refractivity contribution in [2.24, 2.45) is 0 Å². The molecule has 1 aliphatic heterocycles. The van der Waals surface area contributed by atoms with E-state index in [-0.39, 0.29) is 5.91 Å². The molecule has 2 heterocycles. The minimum absolute atomic E-state index is 0.00907. The van der Waals surface area contributed by atoms with Gasteiger partial charge in [0.1, 0.15) is 11.4 Å². The number of amides is 1. The van der Waals surface area contributed by atoms with Gasteiger partial charge in [-0.1, -0.05) is 29.8 Å². The SMILES string of the molecule is COc1cccc(-c2cc(C(=O)N3CCN(c4ccc(C)cc4)CC3)[nH]n2)c1. The zero-order valence-corrected chi connectivity index (χ0v) is 16.2. The third-order valence-corrected chi connectivity index (χ3v) is 5.14. The first-order chi connectivity index (χ1) is 13.6. The van der Waals surface area contributed by atoms with Crippen molar-refractivity contribution < 1.29 is 9.53 Å². The second kappa shape index (κ2) is 7.76. The van der Waals surface area contributed by atoms with Crippen LogP contribution in [0.15, 0.2) is 54.6 Å². The highest BCUT2D eigenvalue weighted by Gasteiger charge is 2.23. The summed E-state index contributed by atoms with van der Waals surface area (Å²) >= 11 is 0. The number of carbonyl (C=O) groups excluding carboxylic acids is 1. The molecule has 0 saturated carbocycles. The summed E-state index contributed by atoms with van der Waals surface area (Å²) in [4.78, 5) is 17.1. The van der Waals surface area contributed by atoms with E-state index in [1.165, 1.54) is 11.3 Å². The number of aryl methyl sites for hydroxylation is 1. The van der Waals surface area contributed by atoms with Gasteiger partial charge in [-0.2, -0.15) is 5.10 Å². The van der Waals surface area contributed by atoms with Crippen LogP contribution >= 0.6 is 0 Å². The van der Waals surface area contributed by atoms with Gasteiger partial charge in [-0.3, -0.25) is 9.89 Å². The van der Waals surface area contributed by atoms with Crippen molar-refractivity contribution in [3.05, 3.63) is 65.9 Å². The van der Waals surface area contributed by atoms with Crippen molar-refractivity contribution in [1.82, 2.24) is 15.1 Å². The molecule has 0 radical (unpaired) electrons. The molecule has 0 aliphatic carbocycles. The van der Waals surface area contributed by atoms with Gasteiger partial charge in [-0.15, -0.1) is 0 Å². The van der Waals surface area contributed by atoms with Gasteiger partial charge in [0.2, 0.25) is 0 Å². The van der Waals surface area contributed by atoms with Crippen LogP contribution in [-0.2, 0) is 0 Å². The summed E-state index contributed by atoms with van der Waals surface area (Å²) in [7, 11) is 1.63. The summed E-state index contributed by atoms with van der Waals surface area (Å²) in [5.74, 6) is 0.755. The van der Waals surface area contributed by atoms with Crippen LogP contribution in [0.4, 0.5) is 5.69 Å². The first-order valence-electron chi connectivity index (χ1n) is 9.45. The van der Waals surface area contributed by atoms with Crippen LogP contribution in [0.2, 0.25) is 0 Å². The fraction of sp³-hybridized carbons (Fsp3) is 0.273. The Balaban J connectivity index is 1.41. The summed E-state index contributed by atoms with van der Waals surface area (Å²) < 4.78 is 5.26. The molecule has 1 aromatic heterocycles. The molecular formula is C22H24N4O2. The molecule has 2 aromatic carbocycles. The Morgan fingerprint density at radius 1 is 1.04 bits per heavy atom. The third kappa shape index (κ3) is 3.71. The Morgan fingerprint density at radius 2 is 1.79 bits per heavy atom. The smallest absolute Gasteiger partial charge is 0.272 e. The molecule has 1 amide bonds. The van der Waals surface area contributed by atoms with Crippen molar-refractivity contribution in [3.8, 4) is 17.0 Å². The average molecular weight is 376 g/mol.